The van der Waals surface area contributed by atoms with Crippen molar-refractivity contribution in [2.45, 2.75) is 39.3 Å². The maximum absolute atomic E-state index is 13.9. The standard InChI is InChI=1S/C17H15F5N4O2/c1-3-8(26-9-6-7(2)24-25(9)5-4-10(26)27)17(28)23-16-14(21)12(19)11(18)13(20)15(16)22/h6,8H,3-5H2,1-2H3,(H,23,28)/t8-/m0/s1. The molecular weight excluding hydrogens is 387 g/mol. The molecule has 1 aromatic carbocycles. The van der Waals surface area contributed by atoms with E-state index >= 15 is 0 Å². The highest BCUT2D eigenvalue weighted by molar-refractivity contribution is 6.05. The zero-order valence-electron chi connectivity index (χ0n) is 14.8. The number of amides is 2. The number of halogens is 5. The van der Waals surface area contributed by atoms with Gasteiger partial charge in [-0.15, -0.1) is 0 Å². The van der Waals surface area contributed by atoms with Crippen molar-refractivity contribution >= 4 is 23.3 Å². The quantitative estimate of drug-likeness (QED) is 0.486. The lowest BCUT2D eigenvalue weighted by atomic mass is 10.1. The van der Waals surface area contributed by atoms with E-state index in [0.29, 0.717) is 18.1 Å². The zero-order chi connectivity index (χ0) is 20.7. The second-order valence-electron chi connectivity index (χ2n) is 6.24. The Hall–Kier alpha value is -2.98. The van der Waals surface area contributed by atoms with Gasteiger partial charge in [0.05, 0.1) is 12.2 Å². The van der Waals surface area contributed by atoms with Crippen LogP contribution in [0.4, 0.5) is 33.5 Å². The number of benzene rings is 1. The smallest absolute Gasteiger partial charge is 0.247 e. The molecule has 2 heterocycles. The van der Waals surface area contributed by atoms with Crippen LogP contribution in [0.3, 0.4) is 0 Å². The van der Waals surface area contributed by atoms with Crippen molar-refractivity contribution < 1.29 is 31.5 Å². The van der Waals surface area contributed by atoms with E-state index in [4.69, 9.17) is 0 Å². The molecule has 1 aliphatic rings. The lowest BCUT2D eigenvalue weighted by molar-refractivity contribution is -0.124. The van der Waals surface area contributed by atoms with Crippen molar-refractivity contribution in [1.82, 2.24) is 9.78 Å². The van der Waals surface area contributed by atoms with E-state index in [1.54, 1.807) is 18.3 Å². The van der Waals surface area contributed by atoms with Crippen LogP contribution in [0, 0.1) is 36.0 Å². The summed E-state index contributed by atoms with van der Waals surface area (Å²) in [5, 5.41) is 5.92. The average Bonchev–Trinajstić information content (AvgIpc) is 3.04. The Labute approximate surface area is 155 Å². The van der Waals surface area contributed by atoms with Crippen molar-refractivity contribution in [1.29, 1.82) is 0 Å². The molecule has 2 amide bonds. The lowest BCUT2D eigenvalue weighted by Gasteiger charge is -2.33. The highest BCUT2D eigenvalue weighted by atomic mass is 19.2. The van der Waals surface area contributed by atoms with Gasteiger partial charge in [0.15, 0.2) is 23.3 Å². The molecule has 1 aromatic heterocycles. The summed E-state index contributed by atoms with van der Waals surface area (Å²) in [7, 11) is 0. The molecule has 0 saturated carbocycles. The second-order valence-corrected chi connectivity index (χ2v) is 6.24. The predicted molar refractivity (Wildman–Crippen MR) is 88.0 cm³/mol. The van der Waals surface area contributed by atoms with Gasteiger partial charge in [-0.1, -0.05) is 6.92 Å². The first-order chi connectivity index (χ1) is 13.2. The Kier molecular flexibility index (Phi) is 5.09. The molecule has 1 atom stereocenters. The van der Waals surface area contributed by atoms with Crippen molar-refractivity contribution in [3.63, 3.8) is 0 Å². The predicted octanol–water partition coefficient (Wildman–Crippen LogP) is 3.04. The number of aryl methyl sites for hydroxylation is 2. The topological polar surface area (TPSA) is 67.2 Å². The maximum Gasteiger partial charge on any atom is 0.247 e. The third kappa shape index (κ3) is 3.10. The van der Waals surface area contributed by atoms with Gasteiger partial charge in [-0.2, -0.15) is 5.10 Å². The van der Waals surface area contributed by atoms with Gasteiger partial charge < -0.3 is 5.32 Å². The van der Waals surface area contributed by atoms with Crippen LogP contribution in [-0.2, 0) is 16.1 Å². The van der Waals surface area contributed by atoms with Gasteiger partial charge >= 0.3 is 0 Å². The molecule has 11 heteroatoms. The molecule has 3 rings (SSSR count). The summed E-state index contributed by atoms with van der Waals surface area (Å²) in [4.78, 5) is 26.1. The molecule has 1 aliphatic heterocycles. The summed E-state index contributed by atoms with van der Waals surface area (Å²) in [5.74, 6) is -12.2. The summed E-state index contributed by atoms with van der Waals surface area (Å²) in [6.45, 7) is 3.52. The largest absolute Gasteiger partial charge is 0.319 e. The molecule has 0 saturated heterocycles. The Bertz CT molecular complexity index is 946. The molecule has 150 valence electrons. The van der Waals surface area contributed by atoms with E-state index in [2.05, 4.69) is 5.10 Å². The van der Waals surface area contributed by atoms with Crippen molar-refractivity contribution in [2.75, 3.05) is 10.2 Å². The number of hydrogen-bond donors (Lipinski definition) is 1. The van der Waals surface area contributed by atoms with Gasteiger partial charge in [-0.05, 0) is 13.3 Å². The number of carbonyl (C=O) groups is 2. The van der Waals surface area contributed by atoms with E-state index in [1.807, 2.05) is 0 Å². The van der Waals surface area contributed by atoms with Gasteiger partial charge in [0.25, 0.3) is 0 Å². The summed E-state index contributed by atoms with van der Waals surface area (Å²) in [6, 6.07) is 0.323. The normalized spacial score (nSPS) is 14.8. The Balaban J connectivity index is 1.97. The monoisotopic (exact) mass is 402 g/mol. The van der Waals surface area contributed by atoms with Gasteiger partial charge in [0, 0.05) is 12.5 Å². The first kappa shape index (κ1) is 19.8. The molecule has 2 aromatic rings. The first-order valence-corrected chi connectivity index (χ1v) is 8.36. The SMILES string of the molecule is CC[C@@H](C(=O)Nc1c(F)c(F)c(F)c(F)c1F)N1C(=O)CCn2nc(C)cc21. The fraction of sp³-hybridized carbons (Fsp3) is 0.353. The number of nitrogens with one attached hydrogen (secondary N) is 1. The van der Waals surface area contributed by atoms with Crippen LogP contribution >= 0.6 is 0 Å². The van der Waals surface area contributed by atoms with Crippen LogP contribution < -0.4 is 10.2 Å². The third-order valence-corrected chi connectivity index (χ3v) is 4.39. The van der Waals surface area contributed by atoms with E-state index in [-0.39, 0.29) is 12.8 Å². The highest BCUT2D eigenvalue weighted by Gasteiger charge is 2.36. The number of aromatic nitrogens is 2. The molecular formula is C17H15F5N4O2. The molecule has 0 fully saturated rings. The first-order valence-electron chi connectivity index (χ1n) is 8.36. The van der Waals surface area contributed by atoms with Crippen LogP contribution in [0.15, 0.2) is 6.07 Å². The number of hydrogen-bond acceptors (Lipinski definition) is 3. The minimum Gasteiger partial charge on any atom is -0.319 e. The third-order valence-electron chi connectivity index (χ3n) is 4.39. The second kappa shape index (κ2) is 7.21. The molecule has 1 N–H and O–H groups in total. The zero-order valence-corrected chi connectivity index (χ0v) is 14.8. The molecule has 6 nitrogen and oxygen atoms in total. The van der Waals surface area contributed by atoms with Gasteiger partial charge in [0.1, 0.15) is 17.5 Å². The number of anilines is 2. The molecule has 0 radical (unpaired) electrons. The summed E-state index contributed by atoms with van der Waals surface area (Å²) in [5.41, 5.74) is -0.876. The summed E-state index contributed by atoms with van der Waals surface area (Å²) < 4.78 is 69.1. The Morgan fingerprint density at radius 3 is 2.29 bits per heavy atom. The minimum absolute atomic E-state index is 0.0250. The van der Waals surface area contributed by atoms with E-state index in [9.17, 15) is 31.5 Å². The fourth-order valence-corrected chi connectivity index (χ4v) is 3.08. The molecule has 0 bridgehead atoms. The van der Waals surface area contributed by atoms with E-state index in [1.165, 1.54) is 11.6 Å². The molecule has 0 aliphatic carbocycles. The average molecular weight is 402 g/mol. The highest BCUT2D eigenvalue weighted by Crippen LogP contribution is 2.29. The van der Waals surface area contributed by atoms with Gasteiger partial charge in [-0.25, -0.2) is 26.6 Å². The van der Waals surface area contributed by atoms with Crippen molar-refractivity contribution in [3.8, 4) is 0 Å². The lowest BCUT2D eigenvalue weighted by Crippen LogP contribution is -2.50. The van der Waals surface area contributed by atoms with Crippen molar-refractivity contribution in [3.05, 3.63) is 40.8 Å². The van der Waals surface area contributed by atoms with Crippen LogP contribution in [0.25, 0.3) is 0 Å². The van der Waals surface area contributed by atoms with E-state index in [0.717, 1.165) is 4.90 Å². The minimum atomic E-state index is -2.33. The van der Waals surface area contributed by atoms with Crippen LogP contribution in [0.2, 0.25) is 0 Å². The van der Waals surface area contributed by atoms with Crippen LogP contribution in [0.1, 0.15) is 25.5 Å². The number of rotatable bonds is 4. The number of nitrogens with zero attached hydrogens (tertiary/aromatic N) is 3. The maximum atomic E-state index is 13.9. The van der Waals surface area contributed by atoms with Crippen LogP contribution in [0.5, 0.6) is 0 Å². The van der Waals surface area contributed by atoms with Crippen molar-refractivity contribution in [2.24, 2.45) is 0 Å². The Morgan fingerprint density at radius 1 is 1.14 bits per heavy atom. The molecule has 0 spiro atoms. The summed E-state index contributed by atoms with van der Waals surface area (Å²) in [6.07, 6.45) is 0.0671. The molecule has 28 heavy (non-hydrogen) atoms. The van der Waals surface area contributed by atoms with Crippen LogP contribution in [-0.4, -0.2) is 27.6 Å². The fourth-order valence-electron chi connectivity index (χ4n) is 3.08. The van der Waals surface area contributed by atoms with Gasteiger partial charge in [0.2, 0.25) is 17.6 Å². The molecule has 0 unspecified atom stereocenters. The number of fused-ring (bicyclic) bond motifs is 1. The van der Waals surface area contributed by atoms with E-state index < -0.39 is 52.6 Å². The van der Waals surface area contributed by atoms with Gasteiger partial charge in [-0.3, -0.25) is 14.5 Å². The Morgan fingerprint density at radius 2 is 1.71 bits per heavy atom. The summed E-state index contributed by atoms with van der Waals surface area (Å²) >= 11 is 0. The number of carbonyl (C=O) groups excluding carboxylic acids is 2.